The average molecular weight is 423 g/mol. The van der Waals surface area contributed by atoms with Crippen molar-refractivity contribution in [1.82, 2.24) is 0 Å². The van der Waals surface area contributed by atoms with Gasteiger partial charge >= 0.3 is 5.97 Å². The second-order valence-electron chi connectivity index (χ2n) is 10.8. The maximum atomic E-state index is 12.3. The first-order valence-electron chi connectivity index (χ1n) is 13.3. The topological polar surface area (TPSA) is 38.8 Å². The van der Waals surface area contributed by atoms with Gasteiger partial charge in [-0.05, 0) is 31.1 Å². The van der Waals surface area contributed by atoms with E-state index in [0.29, 0.717) is 18.8 Å². The van der Waals surface area contributed by atoms with E-state index < -0.39 is 0 Å². The lowest BCUT2D eigenvalue weighted by atomic mass is 9.87. The number of hydrogen-bond acceptors (Lipinski definition) is 3. The highest BCUT2D eigenvalue weighted by atomic mass is 16.6. The Hall–Kier alpha value is -0.570. The molecular weight excluding hydrogens is 372 g/mol. The molecule has 1 saturated heterocycles. The Kier molecular flexibility index (Phi) is 12.4. The van der Waals surface area contributed by atoms with Crippen molar-refractivity contribution in [3.63, 3.8) is 0 Å². The van der Waals surface area contributed by atoms with Gasteiger partial charge < -0.3 is 9.47 Å². The Morgan fingerprint density at radius 1 is 0.800 bits per heavy atom. The van der Waals surface area contributed by atoms with Gasteiger partial charge in [0.1, 0.15) is 0 Å². The third-order valence-corrected chi connectivity index (χ3v) is 7.15. The molecule has 3 atom stereocenters. The van der Waals surface area contributed by atoms with Crippen LogP contribution in [-0.4, -0.2) is 24.8 Å². The van der Waals surface area contributed by atoms with Crippen molar-refractivity contribution in [3.8, 4) is 0 Å². The Bertz CT molecular complexity index is 459. The zero-order valence-corrected chi connectivity index (χ0v) is 20.4. The van der Waals surface area contributed by atoms with Gasteiger partial charge in [0.15, 0.2) is 0 Å². The minimum absolute atomic E-state index is 0.0120. The van der Waals surface area contributed by atoms with Gasteiger partial charge in [-0.3, -0.25) is 4.79 Å². The predicted octanol–water partition coefficient (Wildman–Crippen LogP) is 7.99. The summed E-state index contributed by atoms with van der Waals surface area (Å²) < 4.78 is 11.2. The molecule has 1 heterocycles. The normalized spacial score (nSPS) is 23.2. The number of carbonyl (C=O) groups is 1. The first kappa shape index (κ1) is 25.7. The molecule has 30 heavy (non-hydrogen) atoms. The molecule has 0 radical (unpaired) electrons. The summed E-state index contributed by atoms with van der Waals surface area (Å²) in [5.74, 6) is 0.0867. The summed E-state index contributed by atoms with van der Waals surface area (Å²) in [7, 11) is 0. The molecule has 2 rings (SSSR count). The smallest absolute Gasteiger partial charge is 0.309 e. The van der Waals surface area contributed by atoms with Crippen LogP contribution in [-0.2, 0) is 14.3 Å². The highest BCUT2D eigenvalue weighted by molar-refractivity contribution is 5.72. The van der Waals surface area contributed by atoms with Crippen LogP contribution in [0.15, 0.2) is 0 Å². The minimum Gasteiger partial charge on any atom is -0.465 e. The van der Waals surface area contributed by atoms with Gasteiger partial charge in [0.2, 0.25) is 0 Å². The maximum Gasteiger partial charge on any atom is 0.309 e. The minimum atomic E-state index is 0.0120. The summed E-state index contributed by atoms with van der Waals surface area (Å²) in [6.07, 6.45) is 24.4. The fourth-order valence-electron chi connectivity index (χ4n) is 4.87. The summed E-state index contributed by atoms with van der Waals surface area (Å²) in [6, 6.07) is 0. The maximum absolute atomic E-state index is 12.3. The number of esters is 1. The van der Waals surface area contributed by atoms with Crippen LogP contribution in [0.4, 0.5) is 0 Å². The van der Waals surface area contributed by atoms with Gasteiger partial charge in [-0.25, -0.2) is 0 Å². The van der Waals surface area contributed by atoms with Crippen molar-refractivity contribution < 1.29 is 14.3 Å². The van der Waals surface area contributed by atoms with Crippen LogP contribution < -0.4 is 0 Å². The lowest BCUT2D eigenvalue weighted by Gasteiger charge is -2.26. The number of unbranched alkanes of at least 4 members (excludes halogenated alkanes) is 13. The van der Waals surface area contributed by atoms with Gasteiger partial charge in [-0.15, -0.1) is 0 Å². The summed E-state index contributed by atoms with van der Waals surface area (Å²) in [4.78, 5) is 12.3. The summed E-state index contributed by atoms with van der Waals surface area (Å²) >= 11 is 0. The summed E-state index contributed by atoms with van der Waals surface area (Å²) in [5.41, 5.74) is 0.0973. The predicted molar refractivity (Wildman–Crippen MR) is 126 cm³/mol. The number of fused-ring (bicyclic) bond motifs is 1. The Morgan fingerprint density at radius 2 is 1.33 bits per heavy atom. The number of ether oxygens (including phenoxy) is 2. The van der Waals surface area contributed by atoms with Crippen LogP contribution in [0, 0.1) is 11.3 Å². The Morgan fingerprint density at radius 3 is 1.87 bits per heavy atom. The molecule has 3 heteroatoms. The molecule has 3 nitrogen and oxygen atoms in total. The third-order valence-electron chi connectivity index (χ3n) is 7.15. The molecule has 0 aromatic rings. The van der Waals surface area contributed by atoms with Crippen LogP contribution in [0.1, 0.15) is 136 Å². The van der Waals surface area contributed by atoms with Crippen molar-refractivity contribution in [1.29, 1.82) is 0 Å². The molecule has 0 N–H and O–H groups in total. The second kappa shape index (κ2) is 14.5. The van der Waals surface area contributed by atoms with Crippen LogP contribution in [0.3, 0.4) is 0 Å². The number of epoxide rings is 1. The van der Waals surface area contributed by atoms with Crippen LogP contribution >= 0.6 is 0 Å². The molecule has 1 aliphatic carbocycles. The van der Waals surface area contributed by atoms with E-state index in [1.165, 1.54) is 89.9 Å². The van der Waals surface area contributed by atoms with E-state index in [1.54, 1.807) is 0 Å². The van der Waals surface area contributed by atoms with Crippen molar-refractivity contribution >= 4 is 5.97 Å². The van der Waals surface area contributed by atoms with Gasteiger partial charge in [-0.1, -0.05) is 111 Å². The van der Waals surface area contributed by atoms with E-state index in [1.807, 2.05) is 0 Å². The van der Waals surface area contributed by atoms with E-state index >= 15 is 0 Å². The number of rotatable bonds is 18. The van der Waals surface area contributed by atoms with E-state index in [9.17, 15) is 4.79 Å². The largest absolute Gasteiger partial charge is 0.465 e. The molecule has 1 saturated carbocycles. The first-order chi connectivity index (χ1) is 14.5. The average Bonchev–Trinajstić information content (AvgIpc) is 3.51. The second-order valence-corrected chi connectivity index (χ2v) is 10.8. The highest BCUT2D eigenvalue weighted by Gasteiger charge is 2.46. The molecule has 0 aromatic carbocycles. The van der Waals surface area contributed by atoms with Gasteiger partial charge in [0.05, 0.1) is 24.7 Å². The van der Waals surface area contributed by atoms with Crippen LogP contribution in [0.2, 0.25) is 0 Å². The van der Waals surface area contributed by atoms with Crippen LogP contribution in [0.5, 0.6) is 0 Å². The number of hydrogen-bond donors (Lipinski definition) is 0. The zero-order chi connectivity index (χ0) is 21.7. The van der Waals surface area contributed by atoms with E-state index in [-0.39, 0.29) is 17.3 Å². The summed E-state index contributed by atoms with van der Waals surface area (Å²) in [5, 5.41) is 0. The standard InChI is InChI=1S/C27H50O3/c1-4-5-6-7-8-9-10-11-12-13-14-15-16-17-20-27(2,3)22-29-26(28)23-18-19-24-25(21-23)30-24/h23-25H,4-22H2,1-3H3. The first-order valence-corrected chi connectivity index (χ1v) is 13.3. The van der Waals surface area contributed by atoms with Gasteiger partial charge in [-0.2, -0.15) is 0 Å². The lowest BCUT2D eigenvalue weighted by molar-refractivity contribution is -0.152. The molecule has 0 spiro atoms. The van der Waals surface area contributed by atoms with Crippen LogP contribution in [0.25, 0.3) is 0 Å². The van der Waals surface area contributed by atoms with E-state index in [0.717, 1.165) is 25.7 Å². The highest BCUT2D eigenvalue weighted by Crippen LogP contribution is 2.40. The number of carbonyl (C=O) groups excluding carboxylic acids is 1. The lowest BCUT2D eigenvalue weighted by Crippen LogP contribution is -2.28. The molecule has 0 aromatic heterocycles. The van der Waals surface area contributed by atoms with E-state index in [2.05, 4.69) is 20.8 Å². The Balaban J connectivity index is 1.36. The van der Waals surface area contributed by atoms with Crippen molar-refractivity contribution in [2.75, 3.05) is 6.61 Å². The Labute approximate surface area is 187 Å². The fourth-order valence-corrected chi connectivity index (χ4v) is 4.87. The molecule has 176 valence electrons. The van der Waals surface area contributed by atoms with Crippen molar-refractivity contribution in [2.45, 2.75) is 149 Å². The molecule has 0 amide bonds. The van der Waals surface area contributed by atoms with E-state index in [4.69, 9.17) is 9.47 Å². The summed E-state index contributed by atoms with van der Waals surface area (Å²) in [6.45, 7) is 7.33. The third kappa shape index (κ3) is 11.2. The molecular formula is C27H50O3. The molecule has 3 unspecified atom stereocenters. The zero-order valence-electron chi connectivity index (χ0n) is 20.4. The van der Waals surface area contributed by atoms with Crippen molar-refractivity contribution in [3.05, 3.63) is 0 Å². The molecule has 1 aliphatic heterocycles. The molecule has 2 aliphatic rings. The van der Waals surface area contributed by atoms with Gasteiger partial charge in [0.25, 0.3) is 0 Å². The molecule has 2 fully saturated rings. The quantitative estimate of drug-likeness (QED) is 0.128. The van der Waals surface area contributed by atoms with Gasteiger partial charge in [0, 0.05) is 0 Å². The van der Waals surface area contributed by atoms with Crippen molar-refractivity contribution in [2.24, 2.45) is 11.3 Å². The monoisotopic (exact) mass is 422 g/mol. The fraction of sp³-hybridized carbons (Fsp3) is 0.963. The SMILES string of the molecule is CCCCCCCCCCCCCCCCC(C)(C)COC(=O)C1CCC2OC2C1. The molecule has 0 bridgehead atoms.